The first-order valence-corrected chi connectivity index (χ1v) is 10.9. The van der Waals surface area contributed by atoms with Crippen LogP contribution in [0.5, 0.6) is 0 Å². The zero-order chi connectivity index (χ0) is 24.4. The average molecular weight is 461 g/mol. The van der Waals surface area contributed by atoms with Crippen molar-refractivity contribution in [2.24, 2.45) is 0 Å². The van der Waals surface area contributed by atoms with Crippen molar-refractivity contribution in [1.29, 1.82) is 5.26 Å². The highest BCUT2D eigenvalue weighted by atomic mass is 16.2. The van der Waals surface area contributed by atoms with Crippen LogP contribution in [0.2, 0.25) is 0 Å². The van der Waals surface area contributed by atoms with E-state index < -0.39 is 5.91 Å². The lowest BCUT2D eigenvalue weighted by Gasteiger charge is -2.28. The van der Waals surface area contributed by atoms with Crippen LogP contribution in [0.25, 0.3) is 0 Å². The number of hydrogen-bond acceptors (Lipinski definition) is 5. The van der Waals surface area contributed by atoms with E-state index in [-0.39, 0.29) is 22.9 Å². The molecule has 1 N–H and O–H groups in total. The lowest BCUT2D eigenvalue weighted by molar-refractivity contribution is 0.0946. The molecule has 0 fully saturated rings. The third-order valence-corrected chi connectivity index (χ3v) is 5.79. The monoisotopic (exact) mass is 461 g/mol. The second kappa shape index (κ2) is 9.08. The highest BCUT2D eigenvalue weighted by Gasteiger charge is 2.32. The van der Waals surface area contributed by atoms with E-state index in [1.807, 2.05) is 24.3 Å². The summed E-state index contributed by atoms with van der Waals surface area (Å²) in [5.41, 5.74) is 2.94. The number of aromatic nitrogens is 2. The first-order valence-electron chi connectivity index (χ1n) is 10.9. The summed E-state index contributed by atoms with van der Waals surface area (Å²) in [5.74, 6) is -0.938. The number of fused-ring (bicyclic) bond motifs is 1. The molecular weight excluding hydrogens is 442 g/mol. The summed E-state index contributed by atoms with van der Waals surface area (Å²) in [5, 5.41) is 16.0. The molecule has 2 heterocycles. The summed E-state index contributed by atoms with van der Waals surface area (Å²) >= 11 is 0. The smallest absolute Gasteiger partial charge is 0.277 e. The molecular formula is C27H19N5O3. The zero-order valence-electron chi connectivity index (χ0n) is 18.5. The second-order valence-electron chi connectivity index (χ2n) is 7.98. The first-order chi connectivity index (χ1) is 17.0. The number of amides is 2. The van der Waals surface area contributed by atoms with Gasteiger partial charge >= 0.3 is 0 Å². The molecule has 0 atom stereocenters. The molecule has 0 saturated heterocycles. The van der Waals surface area contributed by atoms with Crippen molar-refractivity contribution >= 4 is 29.0 Å². The molecule has 170 valence electrons. The van der Waals surface area contributed by atoms with E-state index in [0.29, 0.717) is 41.2 Å². The number of carbonyl (C=O) groups is 3. The number of nitriles is 1. The Balaban J connectivity index is 1.37. The molecule has 1 aliphatic rings. The number of hydrogen-bond donors (Lipinski definition) is 1. The number of carbonyl (C=O) groups excluding carboxylic acids is 3. The minimum Gasteiger partial charge on any atom is -0.322 e. The topological polar surface area (TPSA) is 108 Å². The van der Waals surface area contributed by atoms with Gasteiger partial charge in [0.2, 0.25) is 0 Å². The van der Waals surface area contributed by atoms with Gasteiger partial charge in [-0.2, -0.15) is 10.4 Å². The third kappa shape index (κ3) is 4.18. The lowest BCUT2D eigenvalue weighted by Crippen LogP contribution is -2.41. The van der Waals surface area contributed by atoms with Gasteiger partial charge in [0, 0.05) is 29.0 Å². The van der Waals surface area contributed by atoms with Crippen LogP contribution in [0, 0.1) is 11.3 Å². The fourth-order valence-corrected chi connectivity index (χ4v) is 4.03. The van der Waals surface area contributed by atoms with Gasteiger partial charge in [0.1, 0.15) is 5.69 Å². The largest absolute Gasteiger partial charge is 0.322 e. The molecule has 3 aromatic carbocycles. The Hall–Kier alpha value is -5.03. The van der Waals surface area contributed by atoms with Crippen LogP contribution in [0.1, 0.15) is 42.3 Å². The number of ketones is 1. The Morgan fingerprint density at radius 3 is 2.40 bits per heavy atom. The fraction of sp³-hybridized carbons (Fsp3) is 0.0741. The first kappa shape index (κ1) is 21.8. The van der Waals surface area contributed by atoms with Crippen molar-refractivity contribution < 1.29 is 14.4 Å². The van der Waals surface area contributed by atoms with Gasteiger partial charge in [-0.15, -0.1) is 0 Å². The summed E-state index contributed by atoms with van der Waals surface area (Å²) in [6.45, 7) is 0.799. The number of benzene rings is 3. The Morgan fingerprint density at radius 2 is 1.66 bits per heavy atom. The molecule has 5 rings (SSSR count). The van der Waals surface area contributed by atoms with Crippen LogP contribution in [-0.2, 0) is 6.54 Å². The predicted molar refractivity (Wildman–Crippen MR) is 129 cm³/mol. The standard InChI is InChI=1S/C27H19N5O3/c28-16-18-5-4-8-21(15-18)30-26(34)23-17-29-32-14-13-31(27(35)24(23)32)22-11-9-20(10-12-22)25(33)19-6-2-1-3-7-19/h1-12,15,17H,13-14H2,(H,30,34). The fourth-order valence-electron chi connectivity index (χ4n) is 4.03. The van der Waals surface area contributed by atoms with Crippen molar-refractivity contribution in [2.75, 3.05) is 16.8 Å². The highest BCUT2D eigenvalue weighted by molar-refractivity contribution is 6.16. The molecule has 0 unspecified atom stereocenters. The van der Waals surface area contributed by atoms with Crippen molar-refractivity contribution in [2.45, 2.75) is 6.54 Å². The quantitative estimate of drug-likeness (QED) is 0.454. The molecule has 4 aromatic rings. The summed E-state index contributed by atoms with van der Waals surface area (Å²) < 4.78 is 1.52. The van der Waals surface area contributed by atoms with Gasteiger partial charge in [0.25, 0.3) is 11.8 Å². The van der Waals surface area contributed by atoms with Gasteiger partial charge in [-0.1, -0.05) is 36.4 Å². The van der Waals surface area contributed by atoms with Crippen LogP contribution in [0.3, 0.4) is 0 Å². The average Bonchev–Trinajstić information content (AvgIpc) is 3.35. The molecule has 1 aromatic heterocycles. The van der Waals surface area contributed by atoms with Crippen molar-refractivity contribution in [3.8, 4) is 6.07 Å². The normalized spacial score (nSPS) is 12.5. The van der Waals surface area contributed by atoms with Crippen molar-refractivity contribution in [1.82, 2.24) is 9.78 Å². The molecule has 1 aliphatic heterocycles. The predicted octanol–water partition coefficient (Wildman–Crippen LogP) is 3.90. The van der Waals surface area contributed by atoms with Crippen LogP contribution in [0.15, 0.2) is 85.1 Å². The molecule has 0 bridgehead atoms. The number of nitrogens with one attached hydrogen (secondary N) is 1. The van der Waals surface area contributed by atoms with E-state index in [0.717, 1.165) is 0 Å². The molecule has 35 heavy (non-hydrogen) atoms. The highest BCUT2D eigenvalue weighted by Crippen LogP contribution is 2.25. The van der Waals surface area contributed by atoms with Gasteiger partial charge in [-0.05, 0) is 42.5 Å². The molecule has 8 nitrogen and oxygen atoms in total. The number of nitrogens with zero attached hydrogens (tertiary/aromatic N) is 4. The van der Waals surface area contributed by atoms with Crippen molar-refractivity contribution in [3.63, 3.8) is 0 Å². The molecule has 2 amide bonds. The van der Waals surface area contributed by atoms with E-state index in [1.165, 1.54) is 10.9 Å². The van der Waals surface area contributed by atoms with Crippen molar-refractivity contribution in [3.05, 3.63) is 113 Å². The number of anilines is 2. The zero-order valence-corrected chi connectivity index (χ0v) is 18.5. The SMILES string of the molecule is N#Cc1cccc(NC(=O)c2cnn3c2C(=O)N(c2ccc(C(=O)c4ccccc4)cc2)CC3)c1. The lowest BCUT2D eigenvalue weighted by atomic mass is 10.0. The molecule has 0 radical (unpaired) electrons. The van der Waals surface area contributed by atoms with E-state index in [1.54, 1.807) is 65.6 Å². The maximum atomic E-state index is 13.4. The minimum absolute atomic E-state index is 0.0976. The minimum atomic E-state index is -0.486. The Labute approximate surface area is 201 Å². The second-order valence-corrected chi connectivity index (χ2v) is 7.98. The van der Waals surface area contributed by atoms with E-state index in [4.69, 9.17) is 5.26 Å². The Kier molecular flexibility index (Phi) is 5.65. The van der Waals surface area contributed by atoms with Gasteiger partial charge in [-0.3, -0.25) is 19.1 Å². The van der Waals surface area contributed by atoms with Crippen LogP contribution in [0.4, 0.5) is 11.4 Å². The summed E-state index contributed by atoms with van der Waals surface area (Å²) in [6.07, 6.45) is 1.38. The van der Waals surface area contributed by atoms with Crippen LogP contribution in [-0.4, -0.2) is 33.9 Å². The molecule has 0 saturated carbocycles. The van der Waals surface area contributed by atoms with E-state index in [2.05, 4.69) is 10.4 Å². The van der Waals surface area contributed by atoms with Gasteiger partial charge in [0.05, 0.1) is 29.9 Å². The summed E-state index contributed by atoms with van der Waals surface area (Å²) in [7, 11) is 0. The summed E-state index contributed by atoms with van der Waals surface area (Å²) in [6, 6.07) is 24.4. The maximum Gasteiger partial charge on any atom is 0.277 e. The van der Waals surface area contributed by atoms with E-state index >= 15 is 0 Å². The molecule has 8 heteroatoms. The van der Waals surface area contributed by atoms with Crippen LogP contribution >= 0.6 is 0 Å². The molecule has 0 aliphatic carbocycles. The Morgan fingerprint density at radius 1 is 0.914 bits per heavy atom. The number of rotatable bonds is 5. The van der Waals surface area contributed by atoms with Gasteiger partial charge < -0.3 is 10.2 Å². The Bertz CT molecular complexity index is 1480. The summed E-state index contributed by atoms with van der Waals surface area (Å²) in [4.78, 5) is 40.6. The third-order valence-electron chi connectivity index (χ3n) is 5.79. The molecule has 0 spiro atoms. The van der Waals surface area contributed by atoms with Crippen LogP contribution < -0.4 is 10.2 Å². The van der Waals surface area contributed by atoms with Gasteiger partial charge in [-0.25, -0.2) is 0 Å². The van der Waals surface area contributed by atoms with Gasteiger partial charge in [0.15, 0.2) is 5.78 Å². The maximum absolute atomic E-state index is 13.4. The van der Waals surface area contributed by atoms with E-state index in [9.17, 15) is 14.4 Å².